The summed E-state index contributed by atoms with van der Waals surface area (Å²) in [5.74, 6) is 0.892. The van der Waals surface area contributed by atoms with Crippen molar-refractivity contribution in [3.8, 4) is 33.6 Å². The highest BCUT2D eigenvalue weighted by Gasteiger charge is 2.24. The Bertz CT molecular complexity index is 3440. The first kappa shape index (κ1) is 30.1. The van der Waals surface area contributed by atoms with Gasteiger partial charge in [-0.1, -0.05) is 140 Å². The maximum atomic E-state index is 5.45. The summed E-state index contributed by atoms with van der Waals surface area (Å²) < 4.78 is 6.95. The second kappa shape index (κ2) is 11.5. The topological polar surface area (TPSA) is 27.2 Å². The molecule has 0 N–H and O–H groups in total. The number of aromatic nitrogens is 4. The molecule has 0 aliphatic heterocycles. The third-order valence-electron chi connectivity index (χ3n) is 11.4. The van der Waals surface area contributed by atoms with Crippen LogP contribution in [-0.2, 0) is 0 Å². The van der Waals surface area contributed by atoms with Crippen LogP contribution in [0.4, 0.5) is 0 Å². The molecule has 3 heterocycles. The fourth-order valence-corrected chi connectivity index (χ4v) is 8.97. The van der Waals surface area contributed by atoms with E-state index >= 15 is 0 Å². The Morgan fingerprint density at radius 1 is 0.309 bits per heavy atom. The Balaban J connectivity index is 1.07. The molecule has 0 saturated carbocycles. The second-order valence-corrected chi connectivity index (χ2v) is 14.4. The summed E-state index contributed by atoms with van der Waals surface area (Å²) in [5.41, 5.74) is 12.3. The van der Waals surface area contributed by atoms with Gasteiger partial charge in [0.25, 0.3) is 0 Å². The van der Waals surface area contributed by atoms with Crippen LogP contribution in [0.3, 0.4) is 0 Å². The van der Waals surface area contributed by atoms with Gasteiger partial charge in [0, 0.05) is 16.8 Å². The van der Waals surface area contributed by atoms with E-state index in [1.54, 1.807) is 0 Å². The zero-order valence-corrected chi connectivity index (χ0v) is 29.8. The molecule has 0 aliphatic rings. The van der Waals surface area contributed by atoms with Gasteiger partial charge in [0.05, 0.1) is 16.6 Å². The molecule has 0 spiro atoms. The average Bonchev–Trinajstić information content (AvgIpc) is 3.89. The summed E-state index contributed by atoms with van der Waals surface area (Å²) in [7, 11) is 0. The van der Waals surface area contributed by atoms with E-state index in [1.807, 2.05) is 0 Å². The lowest BCUT2D eigenvalue weighted by atomic mass is 9.91. The third-order valence-corrected chi connectivity index (χ3v) is 11.4. The van der Waals surface area contributed by atoms with Gasteiger partial charge in [0.15, 0.2) is 5.65 Å². The first-order chi connectivity index (χ1) is 27.3. The molecule has 0 bridgehead atoms. The predicted molar refractivity (Wildman–Crippen MR) is 230 cm³/mol. The van der Waals surface area contributed by atoms with Crippen molar-refractivity contribution >= 4 is 71.2 Å². The van der Waals surface area contributed by atoms with Gasteiger partial charge in [-0.15, -0.1) is 0 Å². The third kappa shape index (κ3) is 4.37. The smallest absolute Gasteiger partial charge is 0.222 e. The van der Waals surface area contributed by atoms with Crippen LogP contribution in [0.25, 0.3) is 105 Å². The summed E-state index contributed by atoms with van der Waals surface area (Å²) in [5, 5.41) is 8.90. The van der Waals surface area contributed by atoms with Gasteiger partial charge in [-0.25, -0.2) is 0 Å². The van der Waals surface area contributed by atoms with Crippen LogP contribution in [0.5, 0.6) is 0 Å². The highest BCUT2D eigenvalue weighted by Crippen LogP contribution is 2.40. The molecule has 0 saturated heterocycles. The molecule has 12 rings (SSSR count). The number of nitrogens with zero attached hydrogens (tertiary/aromatic N) is 4. The van der Waals surface area contributed by atoms with E-state index in [1.165, 1.54) is 54.4 Å². The van der Waals surface area contributed by atoms with E-state index < -0.39 is 0 Å². The van der Waals surface area contributed by atoms with E-state index in [0.717, 1.165) is 50.4 Å². The fourth-order valence-electron chi connectivity index (χ4n) is 8.97. The minimum Gasteiger partial charge on any atom is -0.292 e. The standard InChI is InChI=1S/C51H32N4/c1-3-16-37(17-4-1)53-46-25-12-11-24-44(46)49-50(53)52-51-54(38-18-5-2-6-19-38)48-32-36(27-29-47(48)55(49)51)34-15-13-14-33(30-34)35-26-28-43-41-22-8-7-20-39(41)40-21-9-10-23-42(40)45(43)31-35/h1-32H. The Morgan fingerprint density at radius 3 is 1.49 bits per heavy atom. The molecule has 55 heavy (non-hydrogen) atoms. The lowest BCUT2D eigenvalue weighted by Gasteiger charge is -2.13. The summed E-state index contributed by atoms with van der Waals surface area (Å²) >= 11 is 0. The Hall–Kier alpha value is -7.43. The summed E-state index contributed by atoms with van der Waals surface area (Å²) in [6.45, 7) is 0. The van der Waals surface area contributed by atoms with Crippen molar-refractivity contribution in [1.82, 2.24) is 18.5 Å². The van der Waals surface area contributed by atoms with Crippen molar-refractivity contribution in [3.63, 3.8) is 0 Å². The first-order valence-corrected chi connectivity index (χ1v) is 18.8. The van der Waals surface area contributed by atoms with E-state index in [0.29, 0.717) is 0 Å². The molecular formula is C51H32N4. The SMILES string of the molecule is c1ccc(-n2c3ccccc3c3c2nc2n(-c4ccccc4)c4cc(-c5cccc(-c6ccc7c8ccccc8c8ccccc8c7c6)c5)ccc4n32)cc1. The summed E-state index contributed by atoms with van der Waals surface area (Å²) in [6.07, 6.45) is 0. The van der Waals surface area contributed by atoms with Crippen LogP contribution < -0.4 is 0 Å². The van der Waals surface area contributed by atoms with E-state index in [-0.39, 0.29) is 0 Å². The van der Waals surface area contributed by atoms with Crippen molar-refractivity contribution in [3.05, 3.63) is 194 Å². The highest BCUT2D eigenvalue weighted by atomic mass is 15.2. The van der Waals surface area contributed by atoms with Crippen LogP contribution >= 0.6 is 0 Å². The van der Waals surface area contributed by atoms with Crippen LogP contribution in [0, 0.1) is 0 Å². The molecule has 4 heteroatoms. The molecule has 0 fully saturated rings. The Kier molecular flexibility index (Phi) is 6.31. The number of hydrogen-bond donors (Lipinski definition) is 0. The number of fused-ring (bicyclic) bond motifs is 13. The van der Waals surface area contributed by atoms with E-state index in [2.05, 4.69) is 208 Å². The van der Waals surface area contributed by atoms with Crippen molar-refractivity contribution < 1.29 is 0 Å². The summed E-state index contributed by atoms with van der Waals surface area (Å²) in [6, 6.07) is 70.1. The van der Waals surface area contributed by atoms with Gasteiger partial charge >= 0.3 is 0 Å². The molecule has 3 aromatic heterocycles. The Labute approximate surface area is 316 Å². The van der Waals surface area contributed by atoms with Crippen molar-refractivity contribution in [2.75, 3.05) is 0 Å². The minimum atomic E-state index is 0.892. The normalized spacial score (nSPS) is 12.0. The maximum Gasteiger partial charge on any atom is 0.222 e. The number of hydrogen-bond acceptors (Lipinski definition) is 1. The number of benzene rings is 9. The highest BCUT2D eigenvalue weighted by molar-refractivity contribution is 6.25. The number of imidazole rings is 2. The van der Waals surface area contributed by atoms with Gasteiger partial charge in [-0.3, -0.25) is 13.5 Å². The molecule has 0 radical (unpaired) electrons. The molecule has 0 aliphatic carbocycles. The molecule has 256 valence electrons. The Morgan fingerprint density at radius 2 is 0.818 bits per heavy atom. The van der Waals surface area contributed by atoms with Crippen LogP contribution in [0.2, 0.25) is 0 Å². The molecule has 12 aromatic rings. The first-order valence-electron chi connectivity index (χ1n) is 18.8. The monoisotopic (exact) mass is 700 g/mol. The average molecular weight is 701 g/mol. The predicted octanol–water partition coefficient (Wildman–Crippen LogP) is 13.2. The van der Waals surface area contributed by atoms with Gasteiger partial charge in [-0.05, 0) is 109 Å². The molecule has 0 amide bonds. The van der Waals surface area contributed by atoms with Crippen molar-refractivity contribution in [1.29, 1.82) is 0 Å². The molecule has 0 unspecified atom stereocenters. The van der Waals surface area contributed by atoms with Gasteiger partial charge in [0.1, 0.15) is 5.52 Å². The minimum absolute atomic E-state index is 0.892. The zero-order valence-electron chi connectivity index (χ0n) is 29.8. The lowest BCUT2D eigenvalue weighted by Crippen LogP contribution is -1.97. The maximum absolute atomic E-state index is 5.45. The van der Waals surface area contributed by atoms with Crippen LogP contribution in [0.15, 0.2) is 194 Å². The van der Waals surface area contributed by atoms with Crippen LogP contribution in [0.1, 0.15) is 0 Å². The molecular weight excluding hydrogens is 669 g/mol. The molecule has 0 atom stereocenters. The summed E-state index contributed by atoms with van der Waals surface area (Å²) in [4.78, 5) is 5.45. The quantitative estimate of drug-likeness (QED) is 0.168. The zero-order chi connectivity index (χ0) is 36.0. The molecule has 4 nitrogen and oxygen atoms in total. The van der Waals surface area contributed by atoms with E-state index in [9.17, 15) is 0 Å². The van der Waals surface area contributed by atoms with Gasteiger partial charge in [0.2, 0.25) is 5.78 Å². The lowest BCUT2D eigenvalue weighted by molar-refractivity contribution is 1.09. The molecule has 9 aromatic carbocycles. The van der Waals surface area contributed by atoms with Gasteiger partial charge in [-0.2, -0.15) is 4.98 Å². The van der Waals surface area contributed by atoms with Gasteiger partial charge < -0.3 is 0 Å². The van der Waals surface area contributed by atoms with E-state index in [4.69, 9.17) is 4.98 Å². The van der Waals surface area contributed by atoms with Crippen molar-refractivity contribution in [2.45, 2.75) is 0 Å². The second-order valence-electron chi connectivity index (χ2n) is 14.4. The number of rotatable bonds is 4. The van der Waals surface area contributed by atoms with Crippen LogP contribution in [-0.4, -0.2) is 18.5 Å². The number of para-hydroxylation sites is 3. The fraction of sp³-hybridized carbons (Fsp3) is 0. The largest absolute Gasteiger partial charge is 0.292 e. The van der Waals surface area contributed by atoms with Crippen molar-refractivity contribution in [2.24, 2.45) is 0 Å².